The minimum absolute atomic E-state index is 0.128. The van der Waals surface area contributed by atoms with Crippen molar-refractivity contribution < 1.29 is 9.53 Å². The van der Waals surface area contributed by atoms with Crippen LogP contribution < -0.4 is 10.1 Å². The Hall–Kier alpha value is -3.66. The van der Waals surface area contributed by atoms with Crippen LogP contribution in [-0.2, 0) is 0 Å². The van der Waals surface area contributed by atoms with Crippen LogP contribution in [0.15, 0.2) is 84.9 Å². The third kappa shape index (κ3) is 4.27. The van der Waals surface area contributed by atoms with Crippen LogP contribution in [0.5, 0.6) is 5.75 Å². The van der Waals surface area contributed by atoms with Crippen LogP contribution in [0.25, 0.3) is 22.2 Å². The van der Waals surface area contributed by atoms with Crippen LogP contribution in [0.1, 0.15) is 15.9 Å². The molecule has 0 bridgehead atoms. The standard InChI is InChI=1S/C25H22N2O2/c1-18-9-8-14-21-22(17-23(27-24(18)21)19-10-4-2-5-11-19)25(28)26-15-16-29-20-12-6-3-7-13-20/h2-14,17H,15-16H2,1H3,(H,26,28). The summed E-state index contributed by atoms with van der Waals surface area (Å²) in [5.74, 6) is 0.662. The SMILES string of the molecule is Cc1cccc2c(C(=O)NCCOc3ccccc3)cc(-c3ccccc3)nc12. The van der Waals surface area contributed by atoms with Crippen molar-refractivity contribution in [3.63, 3.8) is 0 Å². The van der Waals surface area contributed by atoms with E-state index in [1.54, 1.807) is 0 Å². The molecule has 0 saturated heterocycles. The molecule has 0 aliphatic rings. The Kier molecular flexibility index (Phi) is 5.52. The summed E-state index contributed by atoms with van der Waals surface area (Å²) in [4.78, 5) is 17.8. The summed E-state index contributed by atoms with van der Waals surface area (Å²) in [6.45, 7) is 2.84. The average Bonchev–Trinajstić information content (AvgIpc) is 2.77. The van der Waals surface area contributed by atoms with E-state index in [1.165, 1.54) is 0 Å². The quantitative estimate of drug-likeness (QED) is 0.477. The lowest BCUT2D eigenvalue weighted by molar-refractivity contribution is 0.0948. The van der Waals surface area contributed by atoms with E-state index in [1.807, 2.05) is 91.9 Å². The van der Waals surface area contributed by atoms with E-state index in [0.717, 1.165) is 33.5 Å². The zero-order valence-electron chi connectivity index (χ0n) is 16.3. The number of carbonyl (C=O) groups excluding carboxylic acids is 1. The number of hydrogen-bond donors (Lipinski definition) is 1. The fourth-order valence-corrected chi connectivity index (χ4v) is 3.28. The van der Waals surface area contributed by atoms with Gasteiger partial charge in [-0.3, -0.25) is 4.79 Å². The van der Waals surface area contributed by atoms with Gasteiger partial charge in [0, 0.05) is 10.9 Å². The van der Waals surface area contributed by atoms with Gasteiger partial charge in [0.05, 0.1) is 23.3 Å². The minimum atomic E-state index is -0.128. The van der Waals surface area contributed by atoms with Crippen LogP contribution >= 0.6 is 0 Å². The highest BCUT2D eigenvalue weighted by Crippen LogP contribution is 2.26. The number of amides is 1. The van der Waals surface area contributed by atoms with Gasteiger partial charge in [0.2, 0.25) is 0 Å². The zero-order chi connectivity index (χ0) is 20.1. The number of para-hydroxylation sites is 2. The second-order valence-corrected chi connectivity index (χ2v) is 6.81. The van der Waals surface area contributed by atoms with E-state index >= 15 is 0 Å². The fraction of sp³-hybridized carbons (Fsp3) is 0.120. The van der Waals surface area contributed by atoms with Gasteiger partial charge in [-0.1, -0.05) is 66.7 Å². The van der Waals surface area contributed by atoms with Gasteiger partial charge in [-0.05, 0) is 30.7 Å². The van der Waals surface area contributed by atoms with Crippen LogP contribution in [-0.4, -0.2) is 24.0 Å². The van der Waals surface area contributed by atoms with E-state index in [4.69, 9.17) is 9.72 Å². The second kappa shape index (κ2) is 8.57. The van der Waals surface area contributed by atoms with Gasteiger partial charge in [-0.15, -0.1) is 0 Å². The Labute approximate surface area is 170 Å². The van der Waals surface area contributed by atoms with E-state index in [2.05, 4.69) is 5.32 Å². The molecule has 4 nitrogen and oxygen atoms in total. The average molecular weight is 382 g/mol. The van der Waals surface area contributed by atoms with Crippen LogP contribution in [0.4, 0.5) is 0 Å². The molecule has 0 fully saturated rings. The van der Waals surface area contributed by atoms with E-state index in [-0.39, 0.29) is 5.91 Å². The van der Waals surface area contributed by atoms with Gasteiger partial charge in [-0.2, -0.15) is 0 Å². The second-order valence-electron chi connectivity index (χ2n) is 6.81. The summed E-state index contributed by atoms with van der Waals surface area (Å²) in [5, 5.41) is 3.82. The number of aryl methyl sites for hydroxylation is 1. The molecule has 0 radical (unpaired) electrons. The molecule has 1 aromatic heterocycles. The minimum Gasteiger partial charge on any atom is -0.492 e. The summed E-state index contributed by atoms with van der Waals surface area (Å²) in [6.07, 6.45) is 0. The molecule has 1 heterocycles. The first-order valence-electron chi connectivity index (χ1n) is 9.64. The summed E-state index contributed by atoms with van der Waals surface area (Å²) in [6, 6.07) is 27.3. The van der Waals surface area contributed by atoms with E-state index in [0.29, 0.717) is 18.7 Å². The van der Waals surface area contributed by atoms with Crippen molar-refractivity contribution in [2.75, 3.05) is 13.2 Å². The van der Waals surface area contributed by atoms with Gasteiger partial charge in [-0.25, -0.2) is 4.98 Å². The Morgan fingerprint density at radius 2 is 1.66 bits per heavy atom. The third-order valence-electron chi connectivity index (χ3n) is 4.75. The summed E-state index contributed by atoms with van der Waals surface area (Å²) >= 11 is 0. The monoisotopic (exact) mass is 382 g/mol. The Balaban J connectivity index is 1.58. The molecule has 144 valence electrons. The molecule has 0 aliphatic heterocycles. The molecule has 0 aliphatic carbocycles. The fourth-order valence-electron chi connectivity index (χ4n) is 3.28. The lowest BCUT2D eigenvalue weighted by Gasteiger charge is -2.12. The van der Waals surface area contributed by atoms with Crippen LogP contribution in [0.2, 0.25) is 0 Å². The number of aromatic nitrogens is 1. The van der Waals surface area contributed by atoms with Crippen LogP contribution in [0, 0.1) is 6.92 Å². The molecule has 4 rings (SSSR count). The van der Waals surface area contributed by atoms with Crippen molar-refractivity contribution in [3.05, 3.63) is 96.1 Å². The van der Waals surface area contributed by atoms with Crippen LogP contribution in [0.3, 0.4) is 0 Å². The van der Waals surface area contributed by atoms with E-state index in [9.17, 15) is 4.79 Å². The van der Waals surface area contributed by atoms with Gasteiger partial charge in [0.15, 0.2) is 0 Å². The van der Waals surface area contributed by atoms with Gasteiger partial charge >= 0.3 is 0 Å². The molecule has 1 amide bonds. The molecule has 4 heteroatoms. The highest BCUT2D eigenvalue weighted by Gasteiger charge is 2.14. The van der Waals surface area contributed by atoms with Crippen molar-refractivity contribution in [3.8, 4) is 17.0 Å². The summed E-state index contributed by atoms with van der Waals surface area (Å²) < 4.78 is 5.66. The molecule has 1 N–H and O–H groups in total. The highest BCUT2D eigenvalue weighted by molar-refractivity contribution is 6.07. The Morgan fingerprint density at radius 3 is 2.41 bits per heavy atom. The van der Waals surface area contributed by atoms with E-state index < -0.39 is 0 Å². The normalized spacial score (nSPS) is 10.7. The number of nitrogens with one attached hydrogen (secondary N) is 1. The molecular weight excluding hydrogens is 360 g/mol. The number of carbonyl (C=O) groups is 1. The summed E-state index contributed by atoms with van der Waals surface area (Å²) in [5.41, 5.74) is 4.29. The molecule has 0 atom stereocenters. The maximum Gasteiger partial charge on any atom is 0.252 e. The number of rotatable bonds is 6. The number of hydrogen-bond acceptors (Lipinski definition) is 3. The largest absolute Gasteiger partial charge is 0.492 e. The lowest BCUT2D eigenvalue weighted by Crippen LogP contribution is -2.28. The highest BCUT2D eigenvalue weighted by atomic mass is 16.5. The Morgan fingerprint density at radius 1 is 0.931 bits per heavy atom. The summed E-state index contributed by atoms with van der Waals surface area (Å²) in [7, 11) is 0. The van der Waals surface area contributed by atoms with Gasteiger partial charge in [0.25, 0.3) is 5.91 Å². The third-order valence-corrected chi connectivity index (χ3v) is 4.75. The molecule has 0 saturated carbocycles. The first-order chi connectivity index (χ1) is 14.2. The topological polar surface area (TPSA) is 51.2 Å². The molecule has 3 aromatic carbocycles. The zero-order valence-corrected chi connectivity index (χ0v) is 16.3. The molecule has 0 unspecified atom stereocenters. The lowest BCUT2D eigenvalue weighted by atomic mass is 10.0. The Bertz CT molecular complexity index is 1130. The molecule has 0 spiro atoms. The van der Waals surface area contributed by atoms with Crippen molar-refractivity contribution in [2.24, 2.45) is 0 Å². The smallest absolute Gasteiger partial charge is 0.252 e. The predicted molar refractivity (Wildman–Crippen MR) is 116 cm³/mol. The predicted octanol–water partition coefficient (Wildman–Crippen LogP) is 5.02. The maximum atomic E-state index is 13.0. The van der Waals surface area contributed by atoms with Crippen molar-refractivity contribution in [1.29, 1.82) is 0 Å². The van der Waals surface area contributed by atoms with Crippen molar-refractivity contribution in [1.82, 2.24) is 10.3 Å². The first kappa shape index (κ1) is 18.7. The molecule has 4 aromatic rings. The first-order valence-corrected chi connectivity index (χ1v) is 9.64. The van der Waals surface area contributed by atoms with Crippen molar-refractivity contribution in [2.45, 2.75) is 6.92 Å². The number of fused-ring (bicyclic) bond motifs is 1. The number of pyridine rings is 1. The molecule has 29 heavy (non-hydrogen) atoms. The maximum absolute atomic E-state index is 13.0. The number of nitrogens with zero attached hydrogens (tertiary/aromatic N) is 1. The van der Waals surface area contributed by atoms with Gasteiger partial charge < -0.3 is 10.1 Å². The van der Waals surface area contributed by atoms with Gasteiger partial charge in [0.1, 0.15) is 12.4 Å². The molecular formula is C25H22N2O2. The van der Waals surface area contributed by atoms with Crippen molar-refractivity contribution >= 4 is 16.8 Å². The number of benzene rings is 3. The number of ether oxygens (including phenoxy) is 1.